The minimum Gasteiger partial charge on any atom is -0.352 e. The lowest BCUT2D eigenvalue weighted by Crippen LogP contribution is -2.52. The third kappa shape index (κ3) is 7.21. The van der Waals surface area contributed by atoms with Gasteiger partial charge in [0.15, 0.2) is 0 Å². The Kier molecular flexibility index (Phi) is 9.20. The van der Waals surface area contributed by atoms with Crippen LogP contribution in [0.25, 0.3) is 0 Å². The van der Waals surface area contributed by atoms with Crippen LogP contribution in [-0.2, 0) is 22.6 Å². The Morgan fingerprint density at radius 3 is 2.24 bits per heavy atom. The molecule has 2 amide bonds. The zero-order valence-corrected chi connectivity index (χ0v) is 18.3. The van der Waals surface area contributed by atoms with Crippen molar-refractivity contribution in [1.29, 1.82) is 0 Å². The number of amides is 2. The normalized spacial score (nSPS) is 12.8. The zero-order valence-electron chi connectivity index (χ0n) is 17.5. The van der Waals surface area contributed by atoms with Crippen LogP contribution in [0, 0.1) is 0 Å². The highest BCUT2D eigenvalue weighted by atomic mass is 35.5. The fourth-order valence-electron chi connectivity index (χ4n) is 3.14. The van der Waals surface area contributed by atoms with Gasteiger partial charge in [-0.3, -0.25) is 9.59 Å². The summed E-state index contributed by atoms with van der Waals surface area (Å²) in [6.07, 6.45) is 2.46. The fourth-order valence-corrected chi connectivity index (χ4v) is 3.27. The summed E-state index contributed by atoms with van der Waals surface area (Å²) >= 11 is 6.01. The first-order valence-electron chi connectivity index (χ1n) is 10.3. The van der Waals surface area contributed by atoms with E-state index in [1.54, 1.807) is 4.90 Å². The molecule has 0 radical (unpaired) electrons. The van der Waals surface area contributed by atoms with Gasteiger partial charge in [0.25, 0.3) is 0 Å². The van der Waals surface area contributed by atoms with Gasteiger partial charge in [0, 0.05) is 30.5 Å². The van der Waals surface area contributed by atoms with E-state index in [9.17, 15) is 9.59 Å². The molecule has 0 aliphatic heterocycles. The topological polar surface area (TPSA) is 49.4 Å². The molecular formula is C24H31ClN2O2. The molecule has 0 fully saturated rings. The molecular weight excluding hydrogens is 384 g/mol. The molecule has 0 aliphatic rings. The Balaban J connectivity index is 2.35. The molecule has 0 bridgehead atoms. The maximum Gasteiger partial charge on any atom is 0.243 e. The maximum atomic E-state index is 13.2. The van der Waals surface area contributed by atoms with Crippen LogP contribution in [0.3, 0.4) is 0 Å². The van der Waals surface area contributed by atoms with Gasteiger partial charge in [-0.15, -0.1) is 0 Å². The van der Waals surface area contributed by atoms with Gasteiger partial charge in [0.2, 0.25) is 11.8 Å². The van der Waals surface area contributed by atoms with E-state index in [4.69, 9.17) is 11.6 Å². The minimum atomic E-state index is -0.568. The summed E-state index contributed by atoms with van der Waals surface area (Å²) in [6, 6.07) is 16.8. The Morgan fingerprint density at radius 1 is 1.00 bits per heavy atom. The van der Waals surface area contributed by atoms with Crippen molar-refractivity contribution in [3.05, 3.63) is 70.7 Å². The first-order valence-corrected chi connectivity index (χ1v) is 10.7. The summed E-state index contributed by atoms with van der Waals surface area (Å²) in [5, 5.41) is 3.72. The van der Waals surface area contributed by atoms with Gasteiger partial charge in [0.1, 0.15) is 6.04 Å². The number of halogens is 1. The van der Waals surface area contributed by atoms with E-state index >= 15 is 0 Å². The predicted octanol–water partition coefficient (Wildman–Crippen LogP) is 4.99. The maximum absolute atomic E-state index is 13.2. The molecule has 0 saturated carbocycles. The number of hydrogen-bond donors (Lipinski definition) is 1. The molecule has 29 heavy (non-hydrogen) atoms. The van der Waals surface area contributed by atoms with Crippen molar-refractivity contribution in [3.63, 3.8) is 0 Å². The van der Waals surface area contributed by atoms with E-state index in [0.717, 1.165) is 24.0 Å². The molecule has 0 aliphatic carbocycles. The van der Waals surface area contributed by atoms with Gasteiger partial charge < -0.3 is 10.2 Å². The van der Waals surface area contributed by atoms with Gasteiger partial charge >= 0.3 is 0 Å². The molecule has 0 aromatic heterocycles. The van der Waals surface area contributed by atoms with Crippen molar-refractivity contribution in [2.24, 2.45) is 0 Å². The lowest BCUT2D eigenvalue weighted by atomic mass is 10.0. The van der Waals surface area contributed by atoms with E-state index < -0.39 is 6.04 Å². The lowest BCUT2D eigenvalue weighted by molar-refractivity contribution is -0.141. The SMILES string of the molecule is CCCC(=O)N(Cc1ccc(Cl)cc1)[C@H](Cc1ccccc1)C(=O)N[C@H](C)CC. The molecule has 0 spiro atoms. The van der Waals surface area contributed by atoms with Crippen LogP contribution < -0.4 is 5.32 Å². The van der Waals surface area contributed by atoms with E-state index in [1.165, 1.54) is 0 Å². The van der Waals surface area contributed by atoms with Crippen LogP contribution in [0.15, 0.2) is 54.6 Å². The average Bonchev–Trinajstić information content (AvgIpc) is 2.72. The third-order valence-electron chi connectivity index (χ3n) is 5.00. The predicted molar refractivity (Wildman–Crippen MR) is 119 cm³/mol. The van der Waals surface area contributed by atoms with Crippen molar-refractivity contribution in [3.8, 4) is 0 Å². The molecule has 0 saturated heterocycles. The second-order valence-corrected chi connectivity index (χ2v) is 7.86. The second-order valence-electron chi connectivity index (χ2n) is 7.42. The van der Waals surface area contributed by atoms with Crippen molar-refractivity contribution in [1.82, 2.24) is 10.2 Å². The molecule has 0 heterocycles. The summed E-state index contributed by atoms with van der Waals surface area (Å²) in [5.74, 6) is -0.121. The van der Waals surface area contributed by atoms with Crippen LogP contribution in [0.1, 0.15) is 51.2 Å². The van der Waals surface area contributed by atoms with Crippen molar-refractivity contribution < 1.29 is 9.59 Å². The number of carbonyl (C=O) groups excluding carboxylic acids is 2. The van der Waals surface area contributed by atoms with Gasteiger partial charge in [-0.1, -0.05) is 67.9 Å². The molecule has 0 unspecified atom stereocenters. The largest absolute Gasteiger partial charge is 0.352 e. The first-order chi connectivity index (χ1) is 13.9. The quantitative estimate of drug-likeness (QED) is 0.595. The Morgan fingerprint density at radius 2 is 1.66 bits per heavy atom. The highest BCUT2D eigenvalue weighted by Crippen LogP contribution is 2.18. The van der Waals surface area contributed by atoms with E-state index in [1.807, 2.05) is 75.4 Å². The number of nitrogens with one attached hydrogen (secondary N) is 1. The number of benzene rings is 2. The lowest BCUT2D eigenvalue weighted by Gasteiger charge is -2.32. The van der Waals surface area contributed by atoms with Crippen LogP contribution in [0.5, 0.6) is 0 Å². The fraction of sp³-hybridized carbons (Fsp3) is 0.417. The summed E-state index contributed by atoms with van der Waals surface area (Å²) in [4.78, 5) is 27.9. The standard InChI is InChI=1S/C24H31ClN2O2/c1-4-9-23(28)27(17-20-12-14-21(25)15-13-20)22(24(29)26-18(3)5-2)16-19-10-7-6-8-11-19/h6-8,10-15,18,22H,4-5,9,16-17H2,1-3H3,(H,26,29)/t18-,22-/m1/s1. The number of hydrogen-bond acceptors (Lipinski definition) is 2. The molecule has 2 atom stereocenters. The summed E-state index contributed by atoms with van der Waals surface area (Å²) in [7, 11) is 0. The van der Waals surface area contributed by atoms with Gasteiger partial charge in [-0.25, -0.2) is 0 Å². The van der Waals surface area contributed by atoms with Gasteiger partial charge in [-0.2, -0.15) is 0 Å². The van der Waals surface area contributed by atoms with Crippen LogP contribution in [0.4, 0.5) is 0 Å². The molecule has 2 rings (SSSR count). The minimum absolute atomic E-state index is 0.0114. The Labute approximate surface area is 179 Å². The van der Waals surface area contributed by atoms with E-state index in [2.05, 4.69) is 5.32 Å². The highest BCUT2D eigenvalue weighted by Gasteiger charge is 2.30. The summed E-state index contributed by atoms with van der Waals surface area (Å²) < 4.78 is 0. The Hall–Kier alpha value is -2.33. The molecule has 156 valence electrons. The molecule has 2 aromatic rings. The van der Waals surface area contributed by atoms with E-state index in [-0.39, 0.29) is 17.9 Å². The first kappa shape index (κ1) is 23.0. The van der Waals surface area contributed by atoms with Gasteiger partial charge in [0.05, 0.1) is 0 Å². The third-order valence-corrected chi connectivity index (χ3v) is 5.25. The highest BCUT2D eigenvalue weighted by molar-refractivity contribution is 6.30. The van der Waals surface area contributed by atoms with Crippen LogP contribution >= 0.6 is 11.6 Å². The molecule has 5 heteroatoms. The average molecular weight is 415 g/mol. The van der Waals surface area contributed by atoms with Crippen molar-refractivity contribution >= 4 is 23.4 Å². The molecule has 4 nitrogen and oxygen atoms in total. The van der Waals surface area contributed by atoms with Gasteiger partial charge in [-0.05, 0) is 43.0 Å². The molecule has 2 aromatic carbocycles. The molecule has 1 N–H and O–H groups in total. The number of nitrogens with zero attached hydrogens (tertiary/aromatic N) is 1. The van der Waals surface area contributed by atoms with Crippen molar-refractivity contribution in [2.45, 2.75) is 65.1 Å². The van der Waals surface area contributed by atoms with E-state index in [0.29, 0.717) is 24.4 Å². The zero-order chi connectivity index (χ0) is 21.2. The summed E-state index contributed by atoms with van der Waals surface area (Å²) in [5.41, 5.74) is 1.98. The second kappa shape index (κ2) is 11.6. The smallest absolute Gasteiger partial charge is 0.243 e. The summed E-state index contributed by atoms with van der Waals surface area (Å²) in [6.45, 7) is 6.37. The van der Waals surface area contributed by atoms with Crippen LogP contribution in [0.2, 0.25) is 5.02 Å². The van der Waals surface area contributed by atoms with Crippen LogP contribution in [-0.4, -0.2) is 28.8 Å². The van der Waals surface area contributed by atoms with Crippen molar-refractivity contribution in [2.75, 3.05) is 0 Å². The Bertz CT molecular complexity index is 777. The monoisotopic (exact) mass is 414 g/mol. The number of carbonyl (C=O) groups is 2. The number of rotatable bonds is 10.